The molecule has 4 unspecified atom stereocenters. The Morgan fingerprint density at radius 1 is 1.29 bits per heavy atom. The molecule has 2 saturated carbocycles. The van der Waals surface area contributed by atoms with Gasteiger partial charge in [-0.1, -0.05) is 0 Å². The summed E-state index contributed by atoms with van der Waals surface area (Å²) < 4.78 is 0. The summed E-state index contributed by atoms with van der Waals surface area (Å²) in [6.07, 6.45) is 3.35. The standard InChI is InChI=1S/C12H21N3O2/c1-15(2)9(16)6-14-12(17)10-7-3-4-8(5-7)11(10)13/h7-8,10-11H,3-6,13H2,1-2H3,(H,14,17). The van der Waals surface area contributed by atoms with Crippen LogP contribution in [0.15, 0.2) is 0 Å². The van der Waals surface area contributed by atoms with E-state index in [1.165, 1.54) is 4.90 Å². The fourth-order valence-electron chi connectivity index (χ4n) is 3.16. The van der Waals surface area contributed by atoms with Crippen molar-refractivity contribution in [3.8, 4) is 0 Å². The van der Waals surface area contributed by atoms with Gasteiger partial charge in [0.1, 0.15) is 0 Å². The molecule has 5 nitrogen and oxygen atoms in total. The number of nitrogens with one attached hydrogen (secondary N) is 1. The first-order valence-electron chi connectivity index (χ1n) is 6.24. The molecule has 96 valence electrons. The minimum absolute atomic E-state index is 0.0109. The molecule has 0 radical (unpaired) electrons. The molecule has 0 saturated heterocycles. The van der Waals surface area contributed by atoms with Crippen molar-refractivity contribution in [2.75, 3.05) is 20.6 Å². The average molecular weight is 239 g/mol. The predicted molar refractivity (Wildman–Crippen MR) is 64.0 cm³/mol. The second-order valence-corrected chi connectivity index (χ2v) is 5.44. The van der Waals surface area contributed by atoms with Gasteiger partial charge in [-0.15, -0.1) is 0 Å². The molecule has 2 fully saturated rings. The van der Waals surface area contributed by atoms with Crippen LogP contribution in [0.25, 0.3) is 0 Å². The lowest BCUT2D eigenvalue weighted by Gasteiger charge is -2.27. The molecule has 3 N–H and O–H groups in total. The Hall–Kier alpha value is -1.10. The molecule has 0 aliphatic heterocycles. The van der Waals surface area contributed by atoms with Crippen LogP contribution in [0.5, 0.6) is 0 Å². The lowest BCUT2D eigenvalue weighted by molar-refractivity contribution is -0.133. The SMILES string of the molecule is CN(C)C(=O)CNC(=O)C1C2CCC(C2)C1N. The first-order chi connectivity index (χ1) is 8.00. The molecule has 4 atom stereocenters. The molecule has 0 aromatic carbocycles. The predicted octanol–water partition coefficient (Wildman–Crippen LogP) is -0.436. The molecule has 2 bridgehead atoms. The summed E-state index contributed by atoms with van der Waals surface area (Å²) >= 11 is 0. The zero-order valence-corrected chi connectivity index (χ0v) is 10.5. The van der Waals surface area contributed by atoms with Crippen LogP contribution in [-0.4, -0.2) is 43.4 Å². The highest BCUT2D eigenvalue weighted by Crippen LogP contribution is 2.47. The van der Waals surface area contributed by atoms with Gasteiger partial charge in [0, 0.05) is 20.1 Å². The molecule has 0 heterocycles. The highest BCUT2D eigenvalue weighted by molar-refractivity contribution is 5.86. The van der Waals surface area contributed by atoms with E-state index in [1.54, 1.807) is 14.1 Å². The summed E-state index contributed by atoms with van der Waals surface area (Å²) in [6, 6.07) is -0.0109. The molecule has 2 amide bonds. The maximum Gasteiger partial charge on any atom is 0.241 e. The third-order valence-electron chi connectivity index (χ3n) is 4.20. The molecule has 17 heavy (non-hydrogen) atoms. The van der Waals surface area contributed by atoms with Gasteiger partial charge in [-0.25, -0.2) is 0 Å². The van der Waals surface area contributed by atoms with Gasteiger partial charge in [0.05, 0.1) is 12.5 Å². The molecule has 2 aliphatic carbocycles. The number of rotatable bonds is 3. The molecule has 2 aliphatic rings. The van der Waals surface area contributed by atoms with Crippen LogP contribution >= 0.6 is 0 Å². The van der Waals surface area contributed by atoms with E-state index in [9.17, 15) is 9.59 Å². The molecule has 0 aromatic rings. The lowest BCUT2D eigenvalue weighted by Crippen LogP contribution is -2.47. The Morgan fingerprint density at radius 3 is 2.47 bits per heavy atom. The first-order valence-corrected chi connectivity index (χ1v) is 6.24. The lowest BCUT2D eigenvalue weighted by atomic mass is 9.84. The summed E-state index contributed by atoms with van der Waals surface area (Å²) in [7, 11) is 3.36. The highest BCUT2D eigenvalue weighted by Gasteiger charge is 2.48. The van der Waals surface area contributed by atoms with Crippen molar-refractivity contribution in [2.24, 2.45) is 23.5 Å². The Balaban J connectivity index is 1.86. The quantitative estimate of drug-likeness (QED) is 0.701. The van der Waals surface area contributed by atoms with E-state index in [0.717, 1.165) is 19.3 Å². The van der Waals surface area contributed by atoms with Crippen molar-refractivity contribution in [2.45, 2.75) is 25.3 Å². The molecule has 0 spiro atoms. The number of nitrogens with zero attached hydrogens (tertiary/aromatic N) is 1. The number of carbonyl (C=O) groups excluding carboxylic acids is 2. The Morgan fingerprint density at radius 2 is 1.94 bits per heavy atom. The van der Waals surface area contributed by atoms with Crippen LogP contribution in [0, 0.1) is 17.8 Å². The number of amides is 2. The largest absolute Gasteiger partial charge is 0.347 e. The van der Waals surface area contributed by atoms with Crippen LogP contribution in [0.1, 0.15) is 19.3 Å². The van der Waals surface area contributed by atoms with Crippen molar-refractivity contribution in [3.63, 3.8) is 0 Å². The van der Waals surface area contributed by atoms with Gasteiger partial charge in [-0.05, 0) is 31.1 Å². The first kappa shape index (κ1) is 12.4. The smallest absolute Gasteiger partial charge is 0.241 e. The van der Waals surface area contributed by atoms with Crippen molar-refractivity contribution >= 4 is 11.8 Å². The van der Waals surface area contributed by atoms with Gasteiger partial charge >= 0.3 is 0 Å². The van der Waals surface area contributed by atoms with E-state index in [4.69, 9.17) is 5.73 Å². The zero-order chi connectivity index (χ0) is 12.6. The topological polar surface area (TPSA) is 75.4 Å². The summed E-state index contributed by atoms with van der Waals surface area (Å²) in [5.74, 6) is 0.739. The number of fused-ring (bicyclic) bond motifs is 2. The number of hydrogen-bond donors (Lipinski definition) is 2. The van der Waals surface area contributed by atoms with E-state index in [2.05, 4.69) is 5.32 Å². The number of hydrogen-bond acceptors (Lipinski definition) is 3. The second-order valence-electron chi connectivity index (χ2n) is 5.44. The van der Waals surface area contributed by atoms with E-state index in [0.29, 0.717) is 11.8 Å². The third kappa shape index (κ3) is 2.29. The van der Waals surface area contributed by atoms with Crippen LogP contribution in [0.3, 0.4) is 0 Å². The van der Waals surface area contributed by atoms with Gasteiger partial charge in [0.15, 0.2) is 0 Å². The van der Waals surface area contributed by atoms with Crippen LogP contribution in [0.4, 0.5) is 0 Å². The van der Waals surface area contributed by atoms with Gasteiger partial charge in [0.25, 0.3) is 0 Å². The van der Waals surface area contributed by atoms with Gasteiger partial charge in [-0.2, -0.15) is 0 Å². The van der Waals surface area contributed by atoms with Gasteiger partial charge < -0.3 is 16.0 Å². The maximum atomic E-state index is 12.0. The van der Waals surface area contributed by atoms with Crippen molar-refractivity contribution in [1.29, 1.82) is 0 Å². The highest BCUT2D eigenvalue weighted by atomic mass is 16.2. The minimum atomic E-state index is -0.0879. The summed E-state index contributed by atoms with van der Waals surface area (Å²) in [4.78, 5) is 24.9. The van der Waals surface area contributed by atoms with Gasteiger partial charge in [0.2, 0.25) is 11.8 Å². The molecule has 0 aromatic heterocycles. The van der Waals surface area contributed by atoms with Crippen molar-refractivity contribution in [3.05, 3.63) is 0 Å². The summed E-state index contributed by atoms with van der Waals surface area (Å²) in [5, 5.41) is 2.71. The monoisotopic (exact) mass is 239 g/mol. The van der Waals surface area contributed by atoms with E-state index in [-0.39, 0.29) is 30.3 Å². The fraction of sp³-hybridized carbons (Fsp3) is 0.833. The number of nitrogens with two attached hydrogens (primary N) is 1. The van der Waals surface area contributed by atoms with E-state index >= 15 is 0 Å². The number of likely N-dealkylation sites (N-methyl/N-ethyl adjacent to an activating group) is 1. The zero-order valence-electron chi connectivity index (χ0n) is 10.5. The average Bonchev–Trinajstić information content (AvgIpc) is 2.85. The minimum Gasteiger partial charge on any atom is -0.347 e. The Kier molecular flexibility index (Phi) is 3.38. The van der Waals surface area contributed by atoms with E-state index in [1.807, 2.05) is 0 Å². The third-order valence-corrected chi connectivity index (χ3v) is 4.20. The number of carbonyl (C=O) groups is 2. The van der Waals surface area contributed by atoms with Crippen LogP contribution in [-0.2, 0) is 9.59 Å². The molecular formula is C12H21N3O2. The molecule has 5 heteroatoms. The summed E-state index contributed by atoms with van der Waals surface area (Å²) in [6.45, 7) is 0.0758. The maximum absolute atomic E-state index is 12.0. The van der Waals surface area contributed by atoms with Crippen molar-refractivity contribution in [1.82, 2.24) is 10.2 Å². The van der Waals surface area contributed by atoms with Gasteiger partial charge in [-0.3, -0.25) is 9.59 Å². The second kappa shape index (κ2) is 4.64. The van der Waals surface area contributed by atoms with Crippen LogP contribution < -0.4 is 11.1 Å². The van der Waals surface area contributed by atoms with E-state index < -0.39 is 0 Å². The molecular weight excluding hydrogens is 218 g/mol. The Bertz CT molecular complexity index is 328. The van der Waals surface area contributed by atoms with Crippen molar-refractivity contribution < 1.29 is 9.59 Å². The normalized spacial score (nSPS) is 34.8. The summed E-state index contributed by atoms with van der Waals surface area (Å²) in [5.41, 5.74) is 6.08. The van der Waals surface area contributed by atoms with Crippen LogP contribution in [0.2, 0.25) is 0 Å². The molecule has 2 rings (SSSR count). The Labute approximate surface area is 102 Å². The fourth-order valence-corrected chi connectivity index (χ4v) is 3.16.